The van der Waals surface area contributed by atoms with E-state index < -0.39 is 5.60 Å². The molecule has 0 spiro atoms. The van der Waals surface area contributed by atoms with Crippen LogP contribution in [-0.4, -0.2) is 11.4 Å². The quantitative estimate of drug-likeness (QED) is 0.578. The molecule has 1 aliphatic rings. The molecule has 0 N–H and O–H groups in total. The standard InChI is InChI=1S/C24H22O2/c1-2-24(26-17-18-8-4-3-5-9-18)16-22(15-23(24)25)21-13-12-19-10-6-7-11-20(19)14-21/h2-14,22H,1,15-17H2/t22-,24+/m1/s1. The van der Waals surface area contributed by atoms with Crippen LogP contribution in [0.25, 0.3) is 10.8 Å². The maximum absolute atomic E-state index is 12.8. The van der Waals surface area contributed by atoms with Gasteiger partial charge in [-0.15, -0.1) is 0 Å². The number of hydrogen-bond donors (Lipinski definition) is 0. The molecule has 0 aliphatic heterocycles. The molecule has 4 rings (SSSR count). The second kappa shape index (κ2) is 6.89. The Balaban J connectivity index is 1.56. The van der Waals surface area contributed by atoms with Gasteiger partial charge in [0.15, 0.2) is 5.78 Å². The number of Topliss-reactive ketones (excluding diaryl/α,β-unsaturated/α-hetero) is 1. The van der Waals surface area contributed by atoms with Crippen molar-refractivity contribution in [2.24, 2.45) is 0 Å². The van der Waals surface area contributed by atoms with E-state index in [2.05, 4.69) is 36.9 Å². The highest BCUT2D eigenvalue weighted by atomic mass is 16.5. The van der Waals surface area contributed by atoms with E-state index in [1.165, 1.54) is 16.3 Å². The lowest BCUT2D eigenvalue weighted by molar-refractivity contribution is -0.135. The molecule has 1 aliphatic carbocycles. The molecular formula is C24H22O2. The summed E-state index contributed by atoms with van der Waals surface area (Å²) < 4.78 is 6.11. The van der Waals surface area contributed by atoms with Crippen LogP contribution in [0.2, 0.25) is 0 Å². The van der Waals surface area contributed by atoms with E-state index in [1.54, 1.807) is 6.08 Å². The van der Waals surface area contributed by atoms with E-state index in [4.69, 9.17) is 4.74 Å². The predicted molar refractivity (Wildman–Crippen MR) is 105 cm³/mol. The van der Waals surface area contributed by atoms with Gasteiger partial charge in [-0.05, 0) is 34.2 Å². The highest BCUT2D eigenvalue weighted by Gasteiger charge is 2.46. The lowest BCUT2D eigenvalue weighted by atomic mass is 9.92. The van der Waals surface area contributed by atoms with Crippen LogP contribution >= 0.6 is 0 Å². The second-order valence-electron chi connectivity index (χ2n) is 7.00. The zero-order chi connectivity index (χ0) is 18.0. The van der Waals surface area contributed by atoms with Crippen LogP contribution in [0.3, 0.4) is 0 Å². The summed E-state index contributed by atoms with van der Waals surface area (Å²) in [6.45, 7) is 4.33. The number of ether oxygens (including phenoxy) is 1. The van der Waals surface area contributed by atoms with E-state index in [1.807, 2.05) is 42.5 Å². The molecule has 26 heavy (non-hydrogen) atoms. The first kappa shape index (κ1) is 16.7. The molecular weight excluding hydrogens is 320 g/mol. The number of carbonyl (C=O) groups excluding carboxylic acids is 1. The molecule has 0 amide bonds. The minimum absolute atomic E-state index is 0.126. The van der Waals surface area contributed by atoms with Crippen molar-refractivity contribution in [3.63, 3.8) is 0 Å². The summed E-state index contributed by atoms with van der Waals surface area (Å²) in [6.07, 6.45) is 2.85. The number of fused-ring (bicyclic) bond motifs is 1. The molecule has 2 heteroatoms. The molecule has 0 bridgehead atoms. The normalized spacial score (nSPS) is 22.6. The Bertz CT molecular complexity index is 945. The van der Waals surface area contributed by atoms with Gasteiger partial charge in [0.05, 0.1) is 6.61 Å². The van der Waals surface area contributed by atoms with Crippen molar-refractivity contribution in [2.75, 3.05) is 0 Å². The molecule has 1 saturated carbocycles. The van der Waals surface area contributed by atoms with Crippen molar-refractivity contribution in [1.82, 2.24) is 0 Å². The summed E-state index contributed by atoms with van der Waals surface area (Å²) in [5, 5.41) is 2.43. The van der Waals surface area contributed by atoms with Gasteiger partial charge in [-0.1, -0.05) is 85.5 Å². The van der Waals surface area contributed by atoms with Crippen LogP contribution in [0.5, 0.6) is 0 Å². The average molecular weight is 342 g/mol. The highest BCUT2D eigenvalue weighted by molar-refractivity contribution is 5.93. The number of benzene rings is 3. The number of ketones is 1. The van der Waals surface area contributed by atoms with E-state index in [0.29, 0.717) is 19.4 Å². The second-order valence-corrected chi connectivity index (χ2v) is 7.00. The molecule has 3 aromatic carbocycles. The Morgan fingerprint density at radius 1 is 1.00 bits per heavy atom. The minimum atomic E-state index is -0.883. The van der Waals surface area contributed by atoms with Crippen LogP contribution in [0.1, 0.15) is 29.9 Å². The third kappa shape index (κ3) is 3.09. The minimum Gasteiger partial charge on any atom is -0.358 e. The summed E-state index contributed by atoms with van der Waals surface area (Å²) in [4.78, 5) is 12.8. The van der Waals surface area contributed by atoms with Crippen molar-refractivity contribution < 1.29 is 9.53 Å². The number of hydrogen-bond acceptors (Lipinski definition) is 2. The SMILES string of the molecule is C=C[C@]1(OCc2ccccc2)C[C@H](c2ccc3ccccc3c2)CC1=O. The van der Waals surface area contributed by atoms with Gasteiger partial charge in [0.2, 0.25) is 0 Å². The first-order chi connectivity index (χ1) is 12.7. The molecule has 130 valence electrons. The number of rotatable bonds is 5. The zero-order valence-corrected chi connectivity index (χ0v) is 14.7. The van der Waals surface area contributed by atoms with Gasteiger partial charge < -0.3 is 4.74 Å². The summed E-state index contributed by atoms with van der Waals surface area (Å²) in [6, 6.07) is 24.7. The lowest BCUT2D eigenvalue weighted by Gasteiger charge is -2.24. The molecule has 0 radical (unpaired) electrons. The van der Waals surface area contributed by atoms with E-state index in [9.17, 15) is 4.79 Å². The average Bonchev–Trinajstić information content (AvgIpc) is 3.04. The molecule has 0 unspecified atom stereocenters. The van der Waals surface area contributed by atoms with Crippen molar-refractivity contribution in [3.8, 4) is 0 Å². The maximum Gasteiger partial charge on any atom is 0.169 e. The van der Waals surface area contributed by atoms with Gasteiger partial charge >= 0.3 is 0 Å². The Morgan fingerprint density at radius 2 is 1.73 bits per heavy atom. The Morgan fingerprint density at radius 3 is 2.50 bits per heavy atom. The smallest absolute Gasteiger partial charge is 0.169 e. The van der Waals surface area contributed by atoms with Crippen LogP contribution < -0.4 is 0 Å². The highest BCUT2D eigenvalue weighted by Crippen LogP contribution is 2.42. The van der Waals surface area contributed by atoms with Crippen LogP contribution in [0.4, 0.5) is 0 Å². The van der Waals surface area contributed by atoms with Crippen molar-refractivity contribution in [3.05, 3.63) is 96.6 Å². The lowest BCUT2D eigenvalue weighted by Crippen LogP contribution is -2.34. The maximum atomic E-state index is 12.8. The van der Waals surface area contributed by atoms with Crippen LogP contribution in [-0.2, 0) is 16.1 Å². The fourth-order valence-electron chi connectivity index (χ4n) is 3.83. The van der Waals surface area contributed by atoms with Gasteiger partial charge in [-0.3, -0.25) is 4.79 Å². The summed E-state index contributed by atoms with van der Waals surface area (Å²) in [5.41, 5.74) is 1.38. The van der Waals surface area contributed by atoms with Crippen molar-refractivity contribution in [1.29, 1.82) is 0 Å². The predicted octanol–water partition coefficient (Wildman–Crippen LogP) is 5.43. The third-order valence-corrected chi connectivity index (χ3v) is 5.37. The molecule has 2 atom stereocenters. The van der Waals surface area contributed by atoms with Gasteiger partial charge in [-0.2, -0.15) is 0 Å². The van der Waals surface area contributed by atoms with Gasteiger partial charge in [-0.25, -0.2) is 0 Å². The molecule has 2 nitrogen and oxygen atoms in total. The topological polar surface area (TPSA) is 26.3 Å². The first-order valence-corrected chi connectivity index (χ1v) is 9.04. The summed E-state index contributed by atoms with van der Waals surface area (Å²) in [5.74, 6) is 0.294. The van der Waals surface area contributed by atoms with E-state index in [-0.39, 0.29) is 11.7 Å². The van der Waals surface area contributed by atoms with Gasteiger partial charge in [0.25, 0.3) is 0 Å². The molecule has 0 aromatic heterocycles. The van der Waals surface area contributed by atoms with E-state index in [0.717, 1.165) is 5.56 Å². The zero-order valence-electron chi connectivity index (χ0n) is 14.7. The Kier molecular flexibility index (Phi) is 4.44. The fraction of sp³-hybridized carbons (Fsp3) is 0.208. The van der Waals surface area contributed by atoms with Crippen molar-refractivity contribution in [2.45, 2.75) is 31.0 Å². The molecule has 0 heterocycles. The fourth-order valence-corrected chi connectivity index (χ4v) is 3.83. The summed E-state index contributed by atoms with van der Waals surface area (Å²) >= 11 is 0. The van der Waals surface area contributed by atoms with Crippen LogP contribution in [0.15, 0.2) is 85.5 Å². The van der Waals surface area contributed by atoms with Crippen molar-refractivity contribution >= 4 is 16.6 Å². The van der Waals surface area contributed by atoms with E-state index >= 15 is 0 Å². The Labute approximate surface area is 154 Å². The molecule has 3 aromatic rings. The molecule has 1 fully saturated rings. The molecule has 0 saturated heterocycles. The van der Waals surface area contributed by atoms with Gasteiger partial charge in [0.1, 0.15) is 5.60 Å². The third-order valence-electron chi connectivity index (χ3n) is 5.37. The first-order valence-electron chi connectivity index (χ1n) is 9.04. The summed E-state index contributed by atoms with van der Waals surface area (Å²) in [7, 11) is 0. The Hall–Kier alpha value is -2.71. The largest absolute Gasteiger partial charge is 0.358 e. The van der Waals surface area contributed by atoms with Crippen LogP contribution in [0, 0.1) is 0 Å². The monoisotopic (exact) mass is 342 g/mol. The van der Waals surface area contributed by atoms with Gasteiger partial charge in [0, 0.05) is 6.42 Å². The number of carbonyl (C=O) groups is 1.